The minimum Gasteiger partial charge on any atom is -0.469 e. The molecule has 0 amide bonds. The van der Waals surface area contributed by atoms with Crippen molar-refractivity contribution in [2.75, 3.05) is 20.3 Å². The maximum atomic E-state index is 11.9. The fourth-order valence-electron chi connectivity index (χ4n) is 5.65. The standard InChI is InChI=1S/C30H41N7O12S2/c1-14(29(46)47-2)16-5-3-15(4-6-16)13-51-30(50)35(7-17-9-36(33-31-17)27-25(44)23(42)21(40)19(11-38)48-27)8-18-10-37(34-32-18)28-26(45)24(43)22(41)20(12-39)49-28/h3-6,9-10,14,19-28,38-45H,7-8,11-13H2,1-2H3/t14?,19-,20-,21-,22-,23+,24+,25-,26-,27-,28-/m1/s1. The van der Waals surface area contributed by atoms with Crippen LogP contribution in [-0.2, 0) is 37.8 Å². The van der Waals surface area contributed by atoms with Gasteiger partial charge in [-0.05, 0) is 18.1 Å². The lowest BCUT2D eigenvalue weighted by atomic mass is 9.98. The number of hydrogen-bond acceptors (Lipinski definition) is 18. The summed E-state index contributed by atoms with van der Waals surface area (Å²) in [5.41, 5.74) is 2.43. The monoisotopic (exact) mass is 755 g/mol. The molecular weight excluding hydrogens is 715 g/mol. The van der Waals surface area contributed by atoms with E-state index < -0.39 is 80.4 Å². The fraction of sp³-hybridized carbons (Fsp3) is 0.600. The largest absolute Gasteiger partial charge is 0.469 e. The topological polar surface area (TPSA) is 271 Å². The molecular formula is C30H41N7O12S2. The number of thiocarbonyl (C=S) groups is 1. The van der Waals surface area contributed by atoms with E-state index in [9.17, 15) is 45.6 Å². The highest BCUT2D eigenvalue weighted by molar-refractivity contribution is 8.22. The average molecular weight is 756 g/mol. The normalized spacial score (nSPS) is 30.2. The molecule has 21 heteroatoms. The van der Waals surface area contributed by atoms with Gasteiger partial charge in [-0.2, -0.15) is 0 Å². The highest BCUT2D eigenvalue weighted by Gasteiger charge is 2.46. The molecule has 0 saturated carbocycles. The molecule has 4 heterocycles. The van der Waals surface area contributed by atoms with Gasteiger partial charge in [-0.25, -0.2) is 9.36 Å². The summed E-state index contributed by atoms with van der Waals surface area (Å²) in [4.78, 5) is 13.7. The lowest BCUT2D eigenvalue weighted by Gasteiger charge is -2.39. The molecule has 11 atom stereocenters. The Morgan fingerprint density at radius 2 is 1.31 bits per heavy atom. The van der Waals surface area contributed by atoms with Gasteiger partial charge in [-0.1, -0.05) is 58.7 Å². The molecule has 0 aliphatic carbocycles. The van der Waals surface area contributed by atoms with E-state index in [-0.39, 0.29) is 19.1 Å². The first-order valence-corrected chi connectivity index (χ1v) is 17.3. The summed E-state index contributed by atoms with van der Waals surface area (Å²) >= 11 is 7.15. The summed E-state index contributed by atoms with van der Waals surface area (Å²) in [6, 6.07) is 7.44. The number of carbonyl (C=O) groups is 1. The van der Waals surface area contributed by atoms with Crippen LogP contribution in [0.3, 0.4) is 0 Å². The van der Waals surface area contributed by atoms with Crippen molar-refractivity contribution in [3.05, 3.63) is 59.2 Å². The zero-order valence-corrected chi connectivity index (χ0v) is 29.1. The van der Waals surface area contributed by atoms with Crippen LogP contribution in [0.1, 0.15) is 47.8 Å². The van der Waals surface area contributed by atoms with Gasteiger partial charge >= 0.3 is 5.97 Å². The number of rotatable bonds is 12. The van der Waals surface area contributed by atoms with Crippen LogP contribution in [0.15, 0.2) is 36.7 Å². The maximum Gasteiger partial charge on any atom is 0.312 e. The van der Waals surface area contributed by atoms with Gasteiger partial charge in [-0.15, -0.1) is 10.2 Å². The molecule has 280 valence electrons. The highest BCUT2D eigenvalue weighted by Crippen LogP contribution is 2.30. The Bertz CT molecular complexity index is 1540. The molecule has 3 aromatic rings. The van der Waals surface area contributed by atoms with Crippen LogP contribution in [0.25, 0.3) is 0 Å². The number of methoxy groups -OCH3 is 1. The highest BCUT2D eigenvalue weighted by atomic mass is 32.2. The number of thioether (sulfide) groups is 1. The van der Waals surface area contributed by atoms with Crippen molar-refractivity contribution < 1.29 is 59.9 Å². The number of carbonyl (C=O) groups excluding carboxylic acids is 1. The van der Waals surface area contributed by atoms with Crippen LogP contribution in [-0.4, -0.2) is 155 Å². The third-order valence-corrected chi connectivity index (χ3v) is 10.3. The van der Waals surface area contributed by atoms with E-state index in [0.29, 0.717) is 21.5 Å². The number of aliphatic hydroxyl groups excluding tert-OH is 8. The van der Waals surface area contributed by atoms with E-state index in [1.54, 1.807) is 11.8 Å². The smallest absolute Gasteiger partial charge is 0.312 e. The molecule has 2 fully saturated rings. The first kappa shape index (κ1) is 39.0. The molecule has 19 nitrogen and oxygen atoms in total. The molecule has 2 saturated heterocycles. The molecule has 5 rings (SSSR count). The third-order valence-electron chi connectivity index (χ3n) is 8.73. The molecule has 0 radical (unpaired) electrons. The summed E-state index contributed by atoms with van der Waals surface area (Å²) in [7, 11) is 1.34. The molecule has 51 heavy (non-hydrogen) atoms. The Morgan fingerprint density at radius 1 is 0.843 bits per heavy atom. The second-order valence-corrected chi connectivity index (χ2v) is 13.8. The van der Waals surface area contributed by atoms with Crippen LogP contribution < -0.4 is 0 Å². The molecule has 1 unspecified atom stereocenters. The summed E-state index contributed by atoms with van der Waals surface area (Å²) in [5.74, 6) is -0.320. The number of aliphatic hydroxyl groups is 8. The van der Waals surface area contributed by atoms with E-state index in [1.807, 2.05) is 24.3 Å². The molecule has 2 aliphatic rings. The first-order chi connectivity index (χ1) is 24.4. The molecule has 2 aromatic heterocycles. The SMILES string of the molecule is COC(=O)C(C)c1ccc(CSC(=S)N(Cc2cn([C@@H]3O[C@H](CO)[C@@H](O)[C@H](O)[C@H]3O)nn2)Cc2cn([C@@H]3O[C@H](CO)[C@@H](O)[C@H](O)[C@H]3O)nn2)cc1. The predicted octanol–water partition coefficient (Wildman–Crippen LogP) is -2.69. The van der Waals surface area contributed by atoms with Crippen LogP contribution in [0, 0.1) is 0 Å². The van der Waals surface area contributed by atoms with E-state index in [1.165, 1.54) is 40.6 Å². The molecule has 1 aromatic carbocycles. The number of hydrogen-bond donors (Lipinski definition) is 8. The van der Waals surface area contributed by atoms with E-state index >= 15 is 0 Å². The number of aromatic nitrogens is 6. The van der Waals surface area contributed by atoms with Crippen molar-refractivity contribution in [1.82, 2.24) is 34.9 Å². The molecule has 0 bridgehead atoms. The van der Waals surface area contributed by atoms with E-state index in [2.05, 4.69) is 20.6 Å². The van der Waals surface area contributed by atoms with E-state index in [0.717, 1.165) is 11.1 Å². The predicted molar refractivity (Wildman–Crippen MR) is 178 cm³/mol. The van der Waals surface area contributed by atoms with Crippen LogP contribution >= 0.6 is 24.0 Å². The maximum absolute atomic E-state index is 11.9. The quantitative estimate of drug-likeness (QED) is 0.0691. The zero-order chi connectivity index (χ0) is 37.0. The number of ether oxygens (including phenoxy) is 3. The van der Waals surface area contributed by atoms with E-state index in [4.69, 9.17) is 26.4 Å². The van der Waals surface area contributed by atoms with Crippen LogP contribution in [0.2, 0.25) is 0 Å². The van der Waals surface area contributed by atoms with Crippen LogP contribution in [0.4, 0.5) is 0 Å². The lowest BCUT2D eigenvalue weighted by Crippen LogP contribution is -2.56. The summed E-state index contributed by atoms with van der Waals surface area (Å²) in [6.45, 7) is 0.653. The molecule has 0 spiro atoms. The number of esters is 1. The number of nitrogens with zero attached hydrogens (tertiary/aromatic N) is 7. The summed E-state index contributed by atoms with van der Waals surface area (Å²) in [6.07, 6.45) is -11.4. The summed E-state index contributed by atoms with van der Waals surface area (Å²) < 4.78 is 18.7. The minimum absolute atomic E-state index is 0.0613. The summed E-state index contributed by atoms with van der Waals surface area (Å²) in [5, 5.41) is 97.4. The molecule has 2 aliphatic heterocycles. The van der Waals surface area contributed by atoms with Crippen molar-refractivity contribution in [2.45, 2.75) is 93.0 Å². The second-order valence-electron chi connectivity index (χ2n) is 12.2. The third kappa shape index (κ3) is 8.72. The van der Waals surface area contributed by atoms with Gasteiger partial charge in [0.15, 0.2) is 12.5 Å². The van der Waals surface area contributed by atoms with Gasteiger partial charge in [0.2, 0.25) is 0 Å². The second kappa shape index (κ2) is 17.1. The fourth-order valence-corrected chi connectivity index (χ4v) is 6.75. The van der Waals surface area contributed by atoms with Gasteiger partial charge in [0.1, 0.15) is 64.5 Å². The Balaban J connectivity index is 1.33. The van der Waals surface area contributed by atoms with Gasteiger partial charge in [0.05, 0.1) is 51.7 Å². The van der Waals surface area contributed by atoms with Crippen molar-refractivity contribution in [3.63, 3.8) is 0 Å². The Labute approximate surface area is 301 Å². The first-order valence-electron chi connectivity index (χ1n) is 15.9. The molecule has 8 N–H and O–H groups in total. The van der Waals surface area contributed by atoms with Crippen molar-refractivity contribution in [3.8, 4) is 0 Å². The zero-order valence-electron chi connectivity index (χ0n) is 27.5. The van der Waals surface area contributed by atoms with Crippen molar-refractivity contribution >= 4 is 34.3 Å². The number of benzene rings is 1. The van der Waals surface area contributed by atoms with Crippen molar-refractivity contribution in [1.29, 1.82) is 0 Å². The Morgan fingerprint density at radius 3 is 1.75 bits per heavy atom. The van der Waals surface area contributed by atoms with Crippen LogP contribution in [0.5, 0.6) is 0 Å². The van der Waals surface area contributed by atoms with Gasteiger partial charge < -0.3 is 60.0 Å². The Kier molecular flexibility index (Phi) is 13.1. The van der Waals surface area contributed by atoms with Gasteiger partial charge in [0.25, 0.3) is 0 Å². The average Bonchev–Trinajstić information content (AvgIpc) is 3.81. The minimum atomic E-state index is -1.61. The Hall–Kier alpha value is -3.19. The van der Waals surface area contributed by atoms with Gasteiger partial charge in [-0.3, -0.25) is 4.79 Å². The lowest BCUT2D eigenvalue weighted by molar-refractivity contribution is -0.254. The van der Waals surface area contributed by atoms with Gasteiger partial charge in [0, 0.05) is 5.75 Å². The van der Waals surface area contributed by atoms with Crippen molar-refractivity contribution in [2.24, 2.45) is 0 Å².